The van der Waals surface area contributed by atoms with Crippen LogP contribution in [0, 0.1) is 0 Å². The van der Waals surface area contributed by atoms with Crippen molar-refractivity contribution in [2.45, 2.75) is 6.42 Å². The highest BCUT2D eigenvalue weighted by molar-refractivity contribution is 6.29. The van der Waals surface area contributed by atoms with Crippen molar-refractivity contribution < 1.29 is 0 Å². The average Bonchev–Trinajstić information content (AvgIpc) is 2.57. The van der Waals surface area contributed by atoms with Gasteiger partial charge in [-0.15, -0.1) is 0 Å². The maximum atomic E-state index is 5.92. The van der Waals surface area contributed by atoms with Crippen molar-refractivity contribution >= 4 is 17.4 Å². The zero-order valence-electron chi connectivity index (χ0n) is 7.87. The third-order valence-electron chi connectivity index (χ3n) is 2.04. The van der Waals surface area contributed by atoms with Gasteiger partial charge in [0.1, 0.15) is 5.15 Å². The Morgan fingerprint density at radius 2 is 2.21 bits per heavy atom. The van der Waals surface area contributed by atoms with E-state index in [2.05, 4.69) is 15.3 Å². The van der Waals surface area contributed by atoms with Crippen LogP contribution in [0.3, 0.4) is 0 Å². The van der Waals surface area contributed by atoms with Gasteiger partial charge in [0.2, 0.25) is 5.78 Å². The normalized spacial score (nSPS) is 11.0. The molecule has 2 aromatic rings. The minimum atomic E-state index is 0.596. The van der Waals surface area contributed by atoms with E-state index in [0.29, 0.717) is 10.9 Å². The Kier molecular flexibility index (Phi) is 2.65. The summed E-state index contributed by atoms with van der Waals surface area (Å²) in [6.07, 6.45) is 6.34. The van der Waals surface area contributed by atoms with E-state index in [0.717, 1.165) is 18.5 Å². The van der Waals surface area contributed by atoms with E-state index >= 15 is 0 Å². The zero-order chi connectivity index (χ0) is 9.97. The molecule has 0 saturated heterocycles. The first kappa shape index (κ1) is 9.43. The number of rotatable bonds is 3. The molecule has 14 heavy (non-hydrogen) atoms. The van der Waals surface area contributed by atoms with Crippen LogP contribution < -0.4 is 5.32 Å². The second-order valence-corrected chi connectivity index (χ2v) is 3.45. The Balaban J connectivity index is 2.34. The van der Waals surface area contributed by atoms with Crippen molar-refractivity contribution in [1.82, 2.24) is 19.7 Å². The van der Waals surface area contributed by atoms with Gasteiger partial charge < -0.3 is 5.32 Å². The fourth-order valence-electron chi connectivity index (χ4n) is 1.28. The largest absolute Gasteiger partial charge is 0.319 e. The lowest BCUT2D eigenvalue weighted by atomic mass is 10.2. The predicted octanol–water partition coefficient (Wildman–Crippen LogP) is 1.14. The SMILES string of the molecule is CNCCc1cnc2ncc(Cl)n2c1. The molecule has 0 saturated carbocycles. The minimum absolute atomic E-state index is 0.596. The molecule has 1 N–H and O–H groups in total. The number of fused-ring (bicyclic) bond motifs is 1. The van der Waals surface area contributed by atoms with Crippen molar-refractivity contribution in [2.75, 3.05) is 13.6 Å². The third kappa shape index (κ3) is 1.71. The predicted molar refractivity (Wildman–Crippen MR) is 55.6 cm³/mol. The summed E-state index contributed by atoms with van der Waals surface area (Å²) in [6, 6.07) is 0. The molecule has 0 atom stereocenters. The third-order valence-corrected chi connectivity index (χ3v) is 2.32. The Labute approximate surface area is 86.9 Å². The molecule has 0 spiro atoms. The number of nitrogens with one attached hydrogen (secondary N) is 1. The van der Waals surface area contributed by atoms with Crippen LogP contribution in [0.5, 0.6) is 0 Å². The number of hydrogen-bond acceptors (Lipinski definition) is 3. The molecule has 0 fully saturated rings. The molecule has 2 aromatic heterocycles. The fourth-order valence-corrected chi connectivity index (χ4v) is 1.46. The lowest BCUT2D eigenvalue weighted by molar-refractivity contribution is 0.784. The summed E-state index contributed by atoms with van der Waals surface area (Å²) in [5, 5.41) is 3.68. The lowest BCUT2D eigenvalue weighted by Gasteiger charge is -2.01. The van der Waals surface area contributed by atoms with E-state index in [1.54, 1.807) is 10.6 Å². The van der Waals surface area contributed by atoms with Gasteiger partial charge in [-0.3, -0.25) is 4.40 Å². The lowest BCUT2D eigenvalue weighted by Crippen LogP contribution is -2.10. The number of halogens is 1. The molecule has 0 aromatic carbocycles. The molecule has 0 radical (unpaired) electrons. The summed E-state index contributed by atoms with van der Waals surface area (Å²) < 4.78 is 1.78. The maximum Gasteiger partial charge on any atom is 0.234 e. The van der Waals surface area contributed by atoms with E-state index in [1.807, 2.05) is 19.4 Å². The molecule has 2 heterocycles. The average molecular weight is 211 g/mol. The van der Waals surface area contributed by atoms with Gasteiger partial charge in [-0.2, -0.15) is 0 Å². The van der Waals surface area contributed by atoms with Crippen molar-refractivity contribution in [3.05, 3.63) is 29.3 Å². The number of nitrogens with zero attached hydrogens (tertiary/aromatic N) is 3. The summed E-state index contributed by atoms with van der Waals surface area (Å²) >= 11 is 5.92. The number of hydrogen-bond donors (Lipinski definition) is 1. The van der Waals surface area contributed by atoms with Gasteiger partial charge in [-0.05, 0) is 25.6 Å². The first-order valence-corrected chi connectivity index (χ1v) is 4.81. The summed E-state index contributed by atoms with van der Waals surface area (Å²) in [7, 11) is 1.93. The molecule has 4 nitrogen and oxygen atoms in total. The minimum Gasteiger partial charge on any atom is -0.319 e. The molecule has 74 valence electrons. The van der Waals surface area contributed by atoms with Gasteiger partial charge in [0.15, 0.2) is 0 Å². The van der Waals surface area contributed by atoms with Crippen LogP contribution >= 0.6 is 11.6 Å². The highest BCUT2D eigenvalue weighted by Crippen LogP contribution is 2.11. The fraction of sp³-hybridized carbons (Fsp3) is 0.333. The van der Waals surface area contributed by atoms with E-state index in [9.17, 15) is 0 Å². The molecule has 0 aliphatic rings. The second kappa shape index (κ2) is 3.94. The van der Waals surface area contributed by atoms with Gasteiger partial charge >= 0.3 is 0 Å². The molecule has 0 aliphatic carbocycles. The Hall–Kier alpha value is -1.13. The van der Waals surface area contributed by atoms with Crippen molar-refractivity contribution in [3.8, 4) is 0 Å². The van der Waals surface area contributed by atoms with Crippen LogP contribution in [0.15, 0.2) is 18.6 Å². The quantitative estimate of drug-likeness (QED) is 0.827. The molecular formula is C9H11ClN4. The van der Waals surface area contributed by atoms with Crippen LogP contribution in [0.1, 0.15) is 5.56 Å². The van der Waals surface area contributed by atoms with Gasteiger partial charge in [0.25, 0.3) is 0 Å². The number of imidazole rings is 1. The van der Waals surface area contributed by atoms with Crippen molar-refractivity contribution in [3.63, 3.8) is 0 Å². The van der Waals surface area contributed by atoms with Crippen LogP contribution in [0.2, 0.25) is 5.15 Å². The van der Waals surface area contributed by atoms with Gasteiger partial charge in [0.05, 0.1) is 6.20 Å². The Morgan fingerprint density at radius 3 is 3.00 bits per heavy atom. The summed E-state index contributed by atoms with van der Waals surface area (Å²) in [4.78, 5) is 8.24. The first-order chi connectivity index (χ1) is 6.81. The highest BCUT2D eigenvalue weighted by atomic mass is 35.5. The molecule has 5 heteroatoms. The van der Waals surface area contributed by atoms with Crippen LogP contribution in [0.25, 0.3) is 5.78 Å². The second-order valence-electron chi connectivity index (χ2n) is 3.07. The van der Waals surface area contributed by atoms with Crippen LogP contribution in [-0.4, -0.2) is 28.0 Å². The van der Waals surface area contributed by atoms with E-state index in [1.165, 1.54) is 0 Å². The Morgan fingerprint density at radius 1 is 1.43 bits per heavy atom. The van der Waals surface area contributed by atoms with Gasteiger partial charge in [-0.1, -0.05) is 11.6 Å². The summed E-state index contributed by atoms with van der Waals surface area (Å²) in [5.74, 6) is 0.642. The molecule has 0 bridgehead atoms. The first-order valence-electron chi connectivity index (χ1n) is 4.43. The number of likely N-dealkylation sites (N-methyl/N-ethyl adjacent to an activating group) is 1. The smallest absolute Gasteiger partial charge is 0.234 e. The molecule has 0 aliphatic heterocycles. The molecule has 2 rings (SSSR count). The molecular weight excluding hydrogens is 200 g/mol. The molecule has 0 unspecified atom stereocenters. The van der Waals surface area contributed by atoms with Crippen molar-refractivity contribution in [1.29, 1.82) is 0 Å². The van der Waals surface area contributed by atoms with E-state index in [-0.39, 0.29) is 0 Å². The van der Waals surface area contributed by atoms with Gasteiger partial charge in [-0.25, -0.2) is 9.97 Å². The van der Waals surface area contributed by atoms with Crippen LogP contribution in [-0.2, 0) is 6.42 Å². The van der Waals surface area contributed by atoms with Gasteiger partial charge in [0, 0.05) is 12.4 Å². The number of aromatic nitrogens is 3. The standard InChI is InChI=1S/C9H11ClN4/c1-11-3-2-7-4-12-9-13-5-8(10)14(9)6-7/h4-6,11H,2-3H2,1H3. The monoisotopic (exact) mass is 210 g/mol. The summed E-state index contributed by atoms with van der Waals surface area (Å²) in [5.41, 5.74) is 1.15. The summed E-state index contributed by atoms with van der Waals surface area (Å²) in [6.45, 7) is 0.930. The Bertz CT molecular complexity index is 437. The van der Waals surface area contributed by atoms with E-state index < -0.39 is 0 Å². The maximum absolute atomic E-state index is 5.92. The van der Waals surface area contributed by atoms with E-state index in [4.69, 9.17) is 11.6 Å². The highest BCUT2D eigenvalue weighted by Gasteiger charge is 2.02. The zero-order valence-corrected chi connectivity index (χ0v) is 8.62. The van der Waals surface area contributed by atoms with Crippen molar-refractivity contribution in [2.24, 2.45) is 0 Å². The molecule has 0 amide bonds. The topological polar surface area (TPSA) is 42.2 Å². The van der Waals surface area contributed by atoms with Crippen LogP contribution in [0.4, 0.5) is 0 Å².